The molecular weight excluding hydrogens is 398 g/mol. The van der Waals surface area contributed by atoms with E-state index < -0.39 is 15.6 Å². The molecule has 3 rings (SSSR count). The number of likely N-dealkylation sites (tertiary alicyclic amines) is 1. The van der Waals surface area contributed by atoms with E-state index in [0.29, 0.717) is 23.7 Å². The second kappa shape index (κ2) is 7.83. The van der Waals surface area contributed by atoms with Crippen LogP contribution < -0.4 is 4.83 Å². The van der Waals surface area contributed by atoms with E-state index in [2.05, 4.69) is 9.93 Å². The van der Waals surface area contributed by atoms with E-state index in [-0.39, 0.29) is 10.9 Å². The van der Waals surface area contributed by atoms with E-state index in [9.17, 15) is 13.5 Å². The first-order valence-corrected chi connectivity index (χ1v) is 10.8. The molecule has 0 aromatic heterocycles. The largest absolute Gasteiger partial charge is 0.383 e. The molecule has 2 atom stereocenters. The van der Waals surface area contributed by atoms with Crippen LogP contribution in [0.5, 0.6) is 0 Å². The molecule has 2 aromatic carbocycles. The number of rotatable bonds is 4. The van der Waals surface area contributed by atoms with Gasteiger partial charge >= 0.3 is 0 Å². The van der Waals surface area contributed by atoms with Crippen molar-refractivity contribution in [3.8, 4) is 0 Å². The van der Waals surface area contributed by atoms with Gasteiger partial charge in [0.15, 0.2) is 0 Å². The third-order valence-corrected chi connectivity index (χ3v) is 6.46. The molecule has 0 radical (unpaired) electrons. The van der Waals surface area contributed by atoms with Crippen LogP contribution >= 0.6 is 11.6 Å². The van der Waals surface area contributed by atoms with Gasteiger partial charge in [-0.3, -0.25) is 4.90 Å². The monoisotopic (exact) mass is 421 g/mol. The lowest BCUT2D eigenvalue weighted by molar-refractivity contribution is 0.0505. The number of hydrogen-bond donors (Lipinski definition) is 2. The highest BCUT2D eigenvalue weighted by Crippen LogP contribution is 2.33. The summed E-state index contributed by atoms with van der Waals surface area (Å²) in [5.41, 5.74) is 1.14. The zero-order chi connectivity index (χ0) is 20.5. The lowest BCUT2D eigenvalue weighted by Crippen LogP contribution is -2.53. The molecule has 2 aromatic rings. The number of sulfonamides is 1. The number of piperidine rings is 1. The number of hydrazone groups is 1. The molecule has 150 valence electrons. The number of β-amino-alcohol motifs (C(OH)–C–C–N with tert-alkyl or cyclic N) is 1. The molecule has 1 heterocycles. The van der Waals surface area contributed by atoms with E-state index in [1.54, 1.807) is 19.1 Å². The number of hydrogen-bond acceptors (Lipinski definition) is 5. The maximum Gasteiger partial charge on any atom is 0.276 e. The van der Waals surface area contributed by atoms with Crippen molar-refractivity contribution in [3.05, 3.63) is 64.7 Å². The van der Waals surface area contributed by atoms with Gasteiger partial charge in [-0.25, -0.2) is 4.83 Å². The van der Waals surface area contributed by atoms with E-state index in [4.69, 9.17) is 11.6 Å². The summed E-state index contributed by atoms with van der Waals surface area (Å²) in [5, 5.41) is 15.5. The van der Waals surface area contributed by atoms with Crippen LogP contribution in [0, 0.1) is 6.92 Å². The minimum atomic E-state index is -3.81. The third-order valence-electron chi connectivity index (χ3n) is 4.98. The summed E-state index contributed by atoms with van der Waals surface area (Å²) in [4.78, 5) is 4.43. The van der Waals surface area contributed by atoms with Crippen molar-refractivity contribution in [1.29, 1.82) is 0 Å². The maximum absolute atomic E-state index is 12.5. The minimum Gasteiger partial charge on any atom is -0.383 e. The normalized spacial score (nSPS) is 25.0. The molecule has 0 spiro atoms. The number of benzene rings is 2. The fourth-order valence-electron chi connectivity index (χ4n) is 3.35. The van der Waals surface area contributed by atoms with Crippen LogP contribution in [0.3, 0.4) is 0 Å². The van der Waals surface area contributed by atoms with Crippen LogP contribution in [0.25, 0.3) is 0 Å². The molecule has 0 saturated carbocycles. The topological polar surface area (TPSA) is 82.0 Å². The van der Waals surface area contributed by atoms with E-state index >= 15 is 0 Å². The molecule has 6 nitrogen and oxygen atoms in total. The standard InChI is InChI=1S/C20H24ClN3O3S/c1-14-4-10-17(11-5-14)28(26,27)23-22-19-12-18(24(3)13-20(19,2)25)15-6-8-16(21)9-7-15/h4-11,18,23,25H,12-13H2,1-3H3/b22-19-. The molecular formula is C20H24ClN3O3S. The first-order chi connectivity index (χ1) is 13.1. The van der Waals surface area contributed by atoms with Crippen LogP contribution in [0.15, 0.2) is 58.5 Å². The summed E-state index contributed by atoms with van der Waals surface area (Å²) in [7, 11) is -1.89. The van der Waals surface area contributed by atoms with Crippen LogP contribution in [0.4, 0.5) is 0 Å². The molecule has 1 aliphatic heterocycles. The Hall–Kier alpha value is -1.93. The van der Waals surface area contributed by atoms with Crippen LogP contribution in [0.2, 0.25) is 5.02 Å². The SMILES string of the molecule is Cc1ccc(S(=O)(=O)N/N=C2/CC(c3ccc(Cl)cc3)N(C)CC2(C)O)cc1. The molecule has 28 heavy (non-hydrogen) atoms. The Morgan fingerprint density at radius 1 is 1.18 bits per heavy atom. The van der Waals surface area contributed by atoms with Crippen molar-refractivity contribution in [2.45, 2.75) is 36.8 Å². The fraction of sp³-hybridized carbons (Fsp3) is 0.350. The number of nitrogens with zero attached hydrogens (tertiary/aromatic N) is 2. The molecule has 0 aliphatic carbocycles. The van der Waals surface area contributed by atoms with Gasteiger partial charge < -0.3 is 5.11 Å². The van der Waals surface area contributed by atoms with Crippen molar-refractivity contribution < 1.29 is 13.5 Å². The Morgan fingerprint density at radius 3 is 2.39 bits per heavy atom. The van der Waals surface area contributed by atoms with Gasteiger partial charge in [-0.05, 0) is 50.7 Å². The van der Waals surface area contributed by atoms with Gasteiger partial charge in [0, 0.05) is 24.0 Å². The van der Waals surface area contributed by atoms with Gasteiger partial charge in [0.1, 0.15) is 5.60 Å². The molecule has 0 amide bonds. The Labute approximate surface area is 170 Å². The number of halogens is 1. The first-order valence-electron chi connectivity index (χ1n) is 8.92. The third kappa shape index (κ3) is 4.55. The summed E-state index contributed by atoms with van der Waals surface area (Å²) in [6.07, 6.45) is 0.390. The number of aliphatic hydroxyl groups is 1. The van der Waals surface area contributed by atoms with Gasteiger partial charge in [0.25, 0.3) is 10.0 Å². The predicted molar refractivity (Wildman–Crippen MR) is 111 cm³/mol. The van der Waals surface area contributed by atoms with Crippen molar-refractivity contribution in [2.75, 3.05) is 13.6 Å². The summed E-state index contributed by atoms with van der Waals surface area (Å²) in [5.74, 6) is 0. The van der Waals surface area contributed by atoms with E-state index in [0.717, 1.165) is 11.1 Å². The van der Waals surface area contributed by atoms with Crippen molar-refractivity contribution in [2.24, 2.45) is 5.10 Å². The Kier molecular flexibility index (Phi) is 5.82. The molecule has 0 bridgehead atoms. The second-order valence-corrected chi connectivity index (χ2v) is 9.52. The number of likely N-dealkylation sites (N-methyl/N-ethyl adjacent to an activating group) is 1. The summed E-state index contributed by atoms with van der Waals surface area (Å²) in [6.45, 7) is 3.85. The first kappa shape index (κ1) is 20.8. The average molecular weight is 422 g/mol. The Balaban J connectivity index is 1.85. The smallest absolute Gasteiger partial charge is 0.276 e. The summed E-state index contributed by atoms with van der Waals surface area (Å²) >= 11 is 5.97. The zero-order valence-electron chi connectivity index (χ0n) is 16.1. The highest BCUT2D eigenvalue weighted by Gasteiger charge is 2.39. The molecule has 2 unspecified atom stereocenters. The van der Waals surface area contributed by atoms with Crippen molar-refractivity contribution in [1.82, 2.24) is 9.73 Å². The molecule has 2 N–H and O–H groups in total. The number of nitrogens with one attached hydrogen (secondary N) is 1. The summed E-state index contributed by atoms with van der Waals surface area (Å²) < 4.78 is 25.1. The zero-order valence-corrected chi connectivity index (χ0v) is 17.6. The molecule has 1 fully saturated rings. The van der Waals surface area contributed by atoms with Crippen molar-refractivity contribution in [3.63, 3.8) is 0 Å². The van der Waals surface area contributed by atoms with Gasteiger partial charge in [0.2, 0.25) is 0 Å². The fourth-order valence-corrected chi connectivity index (χ4v) is 4.31. The summed E-state index contributed by atoms with van der Waals surface area (Å²) in [6, 6.07) is 14.0. The van der Waals surface area contributed by atoms with Gasteiger partial charge in [0.05, 0.1) is 10.6 Å². The predicted octanol–water partition coefficient (Wildman–Crippen LogP) is 3.11. The Morgan fingerprint density at radius 2 is 1.79 bits per heavy atom. The Bertz CT molecular complexity index is 971. The molecule has 1 aliphatic rings. The van der Waals surface area contributed by atoms with Crippen LogP contribution in [-0.4, -0.2) is 43.3 Å². The molecule has 1 saturated heterocycles. The van der Waals surface area contributed by atoms with Crippen molar-refractivity contribution >= 4 is 27.3 Å². The van der Waals surface area contributed by atoms with Gasteiger partial charge in [-0.1, -0.05) is 41.4 Å². The van der Waals surface area contributed by atoms with Gasteiger partial charge in [-0.2, -0.15) is 13.5 Å². The second-order valence-electron chi connectivity index (χ2n) is 7.43. The minimum absolute atomic E-state index is 0.0416. The van der Waals surface area contributed by atoms with E-state index in [1.165, 1.54) is 12.1 Å². The number of aryl methyl sites for hydroxylation is 1. The quantitative estimate of drug-likeness (QED) is 0.743. The highest BCUT2D eigenvalue weighted by molar-refractivity contribution is 7.89. The van der Waals surface area contributed by atoms with Crippen LogP contribution in [0.1, 0.15) is 30.5 Å². The molecule has 8 heteroatoms. The van der Waals surface area contributed by atoms with Crippen LogP contribution in [-0.2, 0) is 10.0 Å². The lowest BCUT2D eigenvalue weighted by atomic mass is 9.85. The van der Waals surface area contributed by atoms with E-state index in [1.807, 2.05) is 43.1 Å². The lowest BCUT2D eigenvalue weighted by Gasteiger charge is -2.41. The highest BCUT2D eigenvalue weighted by atomic mass is 35.5. The van der Waals surface area contributed by atoms with Gasteiger partial charge in [-0.15, -0.1) is 0 Å². The maximum atomic E-state index is 12.5. The average Bonchev–Trinajstić information content (AvgIpc) is 2.62.